The molecule has 5 nitrogen and oxygen atoms in total. The maximum absolute atomic E-state index is 12.4. The van der Waals surface area contributed by atoms with Crippen molar-refractivity contribution in [3.05, 3.63) is 51.9 Å². The molecule has 1 aromatic heterocycles. The Hall–Kier alpha value is -1.85. The first-order valence-electron chi connectivity index (χ1n) is 7.83. The fourth-order valence-electron chi connectivity index (χ4n) is 3.02. The van der Waals surface area contributed by atoms with E-state index in [4.69, 9.17) is 11.6 Å². The fourth-order valence-corrected chi connectivity index (χ4v) is 3.22. The molecule has 1 aliphatic carbocycles. The van der Waals surface area contributed by atoms with Gasteiger partial charge in [-0.25, -0.2) is 0 Å². The average molecular weight is 334 g/mol. The van der Waals surface area contributed by atoms with Crippen LogP contribution in [0.15, 0.2) is 41.3 Å². The Bertz CT molecular complexity index is 726. The van der Waals surface area contributed by atoms with Gasteiger partial charge in [-0.15, -0.1) is 0 Å². The standard InChI is InChI=1S/C17H20ClN3O2/c18-15-14(19-12-17(9-10-22)7-4-8-17)11-20-21(16(15)23)13-5-2-1-3-6-13/h1-3,5-6,11,19,22H,4,7-10,12H2. The molecule has 1 aliphatic rings. The first-order chi connectivity index (χ1) is 11.2. The minimum Gasteiger partial charge on any atom is -0.396 e. The minimum absolute atomic E-state index is 0.117. The van der Waals surface area contributed by atoms with Crippen molar-refractivity contribution in [2.24, 2.45) is 5.41 Å². The summed E-state index contributed by atoms with van der Waals surface area (Å²) in [5, 5.41) is 16.8. The van der Waals surface area contributed by atoms with E-state index < -0.39 is 0 Å². The van der Waals surface area contributed by atoms with Crippen LogP contribution in [0.3, 0.4) is 0 Å². The van der Waals surface area contributed by atoms with E-state index in [2.05, 4.69) is 10.4 Å². The van der Waals surface area contributed by atoms with Gasteiger partial charge in [0.25, 0.3) is 5.56 Å². The summed E-state index contributed by atoms with van der Waals surface area (Å²) in [5.41, 5.74) is 1.01. The molecule has 122 valence electrons. The van der Waals surface area contributed by atoms with Crippen molar-refractivity contribution >= 4 is 17.3 Å². The molecule has 2 aromatic rings. The first-order valence-corrected chi connectivity index (χ1v) is 8.21. The van der Waals surface area contributed by atoms with Crippen molar-refractivity contribution in [3.63, 3.8) is 0 Å². The van der Waals surface area contributed by atoms with Crippen LogP contribution in [0, 0.1) is 5.41 Å². The van der Waals surface area contributed by atoms with Crippen LogP contribution >= 0.6 is 11.6 Å². The maximum Gasteiger partial charge on any atom is 0.292 e. The largest absolute Gasteiger partial charge is 0.396 e. The van der Waals surface area contributed by atoms with Gasteiger partial charge in [0.2, 0.25) is 0 Å². The van der Waals surface area contributed by atoms with Gasteiger partial charge >= 0.3 is 0 Å². The normalized spacial score (nSPS) is 15.9. The van der Waals surface area contributed by atoms with Crippen LogP contribution in [-0.4, -0.2) is 28.0 Å². The molecule has 3 rings (SSSR count). The summed E-state index contributed by atoms with van der Waals surface area (Å²) in [4.78, 5) is 12.4. The lowest BCUT2D eigenvalue weighted by molar-refractivity contribution is 0.102. The molecule has 0 unspecified atom stereocenters. The highest BCUT2D eigenvalue weighted by atomic mass is 35.5. The molecule has 1 heterocycles. The number of aliphatic hydroxyl groups is 1. The van der Waals surface area contributed by atoms with E-state index in [1.54, 1.807) is 6.20 Å². The summed E-state index contributed by atoms with van der Waals surface area (Å²) in [6.45, 7) is 0.882. The summed E-state index contributed by atoms with van der Waals surface area (Å²) in [6.07, 6.45) is 5.72. The molecule has 0 radical (unpaired) electrons. The van der Waals surface area contributed by atoms with Crippen molar-refractivity contribution in [1.29, 1.82) is 0 Å². The van der Waals surface area contributed by atoms with Gasteiger partial charge in [-0.1, -0.05) is 36.2 Å². The summed E-state index contributed by atoms with van der Waals surface area (Å²) in [6, 6.07) is 9.19. The number of aliphatic hydroxyl groups excluding tert-OH is 1. The summed E-state index contributed by atoms with van der Waals surface area (Å²) >= 11 is 6.23. The van der Waals surface area contributed by atoms with Crippen LogP contribution in [0.5, 0.6) is 0 Å². The second-order valence-corrected chi connectivity index (χ2v) is 6.48. The van der Waals surface area contributed by atoms with Gasteiger partial charge in [-0.2, -0.15) is 9.78 Å². The number of aromatic nitrogens is 2. The molecule has 2 N–H and O–H groups in total. The molecule has 0 amide bonds. The Balaban J connectivity index is 1.80. The quantitative estimate of drug-likeness (QED) is 0.853. The van der Waals surface area contributed by atoms with E-state index in [9.17, 15) is 9.90 Å². The number of nitrogens with one attached hydrogen (secondary N) is 1. The molecule has 6 heteroatoms. The van der Waals surface area contributed by atoms with Gasteiger partial charge in [0.05, 0.1) is 17.6 Å². The number of hydrogen-bond donors (Lipinski definition) is 2. The number of benzene rings is 1. The summed E-state index contributed by atoms with van der Waals surface area (Å²) < 4.78 is 1.29. The molecule has 0 spiro atoms. The molecule has 1 aromatic carbocycles. The van der Waals surface area contributed by atoms with E-state index in [-0.39, 0.29) is 22.6 Å². The topological polar surface area (TPSA) is 67.2 Å². The SMILES string of the molecule is O=c1c(Cl)c(NCC2(CCO)CCC2)cnn1-c1ccccc1. The molecular weight excluding hydrogens is 314 g/mol. The molecule has 23 heavy (non-hydrogen) atoms. The van der Waals surface area contributed by atoms with Crippen LogP contribution < -0.4 is 10.9 Å². The van der Waals surface area contributed by atoms with Crippen molar-refractivity contribution in [2.75, 3.05) is 18.5 Å². The Labute approximate surface area is 139 Å². The van der Waals surface area contributed by atoms with Gasteiger partial charge in [-0.3, -0.25) is 4.79 Å². The zero-order chi connectivity index (χ0) is 16.3. The Morgan fingerprint density at radius 1 is 1.30 bits per heavy atom. The third-order valence-electron chi connectivity index (χ3n) is 4.63. The van der Waals surface area contributed by atoms with E-state index in [0.717, 1.165) is 19.3 Å². The predicted molar refractivity (Wildman–Crippen MR) is 91.3 cm³/mol. The van der Waals surface area contributed by atoms with E-state index in [1.807, 2.05) is 30.3 Å². The monoisotopic (exact) mass is 333 g/mol. The molecule has 0 saturated heterocycles. The van der Waals surface area contributed by atoms with E-state index >= 15 is 0 Å². The summed E-state index contributed by atoms with van der Waals surface area (Å²) in [5.74, 6) is 0. The first kappa shape index (κ1) is 16.0. The minimum atomic E-state index is -0.340. The van der Waals surface area contributed by atoms with E-state index in [1.165, 1.54) is 11.1 Å². The Morgan fingerprint density at radius 2 is 2.04 bits per heavy atom. The summed E-state index contributed by atoms with van der Waals surface area (Å²) in [7, 11) is 0. The van der Waals surface area contributed by atoms with Crippen molar-refractivity contribution in [1.82, 2.24) is 9.78 Å². The van der Waals surface area contributed by atoms with Crippen molar-refractivity contribution in [2.45, 2.75) is 25.7 Å². The Kier molecular flexibility index (Phi) is 4.68. The van der Waals surface area contributed by atoms with Gasteiger partial charge in [0.1, 0.15) is 5.02 Å². The number of hydrogen-bond acceptors (Lipinski definition) is 4. The van der Waals surface area contributed by atoms with Crippen molar-refractivity contribution < 1.29 is 5.11 Å². The molecule has 0 atom stereocenters. The number of anilines is 1. The second-order valence-electron chi connectivity index (χ2n) is 6.11. The molecule has 1 saturated carbocycles. The van der Waals surface area contributed by atoms with Gasteiger partial charge in [0, 0.05) is 13.2 Å². The highest BCUT2D eigenvalue weighted by Crippen LogP contribution is 2.43. The molecule has 0 aliphatic heterocycles. The highest BCUT2D eigenvalue weighted by Gasteiger charge is 2.36. The van der Waals surface area contributed by atoms with Crippen LogP contribution in [0.4, 0.5) is 5.69 Å². The van der Waals surface area contributed by atoms with Crippen LogP contribution in [0.2, 0.25) is 5.02 Å². The van der Waals surface area contributed by atoms with Crippen LogP contribution in [0.25, 0.3) is 5.69 Å². The third-order valence-corrected chi connectivity index (χ3v) is 5.00. The second kappa shape index (κ2) is 6.72. The fraction of sp³-hybridized carbons (Fsp3) is 0.412. The van der Waals surface area contributed by atoms with Gasteiger partial charge < -0.3 is 10.4 Å². The zero-order valence-corrected chi connectivity index (χ0v) is 13.6. The lowest BCUT2D eigenvalue weighted by Crippen LogP contribution is -2.37. The molecular formula is C17H20ClN3O2. The molecule has 0 bridgehead atoms. The number of rotatable bonds is 6. The maximum atomic E-state index is 12.4. The predicted octanol–water partition coefficient (Wildman–Crippen LogP) is 2.85. The smallest absolute Gasteiger partial charge is 0.292 e. The number of halogens is 1. The third kappa shape index (κ3) is 3.26. The highest BCUT2D eigenvalue weighted by molar-refractivity contribution is 6.32. The van der Waals surface area contributed by atoms with Crippen LogP contribution in [-0.2, 0) is 0 Å². The zero-order valence-electron chi connectivity index (χ0n) is 12.8. The van der Waals surface area contributed by atoms with Gasteiger partial charge in [-0.05, 0) is 36.8 Å². The Morgan fingerprint density at radius 3 is 2.65 bits per heavy atom. The lowest BCUT2D eigenvalue weighted by Gasteiger charge is -2.42. The number of nitrogens with zero attached hydrogens (tertiary/aromatic N) is 2. The van der Waals surface area contributed by atoms with Crippen molar-refractivity contribution in [3.8, 4) is 5.69 Å². The average Bonchev–Trinajstić information content (AvgIpc) is 2.54. The lowest BCUT2D eigenvalue weighted by atomic mass is 9.67. The van der Waals surface area contributed by atoms with E-state index in [0.29, 0.717) is 17.9 Å². The number of para-hydroxylation sites is 1. The van der Waals surface area contributed by atoms with Crippen LogP contribution in [0.1, 0.15) is 25.7 Å². The van der Waals surface area contributed by atoms with Gasteiger partial charge in [0.15, 0.2) is 0 Å². The molecule has 1 fully saturated rings.